The molecule has 3 atom stereocenters. The Labute approximate surface area is 268 Å². The number of carbonyl (C=O) groups excluding carboxylic acids is 3. The van der Waals surface area contributed by atoms with E-state index in [1.165, 1.54) is 4.90 Å². The number of rotatable bonds is 12. The lowest BCUT2D eigenvalue weighted by atomic mass is 9.84. The molecule has 0 aliphatic rings. The van der Waals surface area contributed by atoms with E-state index in [1.807, 2.05) is 63.2 Å². The number of benzene rings is 3. The summed E-state index contributed by atoms with van der Waals surface area (Å²) in [5.41, 5.74) is 1.52. The number of hydrogen-bond acceptors (Lipinski definition) is 5. The zero-order valence-corrected chi connectivity index (χ0v) is 26.8. The molecule has 0 saturated carbocycles. The van der Waals surface area contributed by atoms with Crippen LogP contribution < -0.4 is 16.0 Å². The quantitative estimate of drug-likeness (QED) is 0.138. The van der Waals surface area contributed by atoms with Gasteiger partial charge in [0.15, 0.2) is 6.10 Å². The Balaban J connectivity index is 1.80. The Morgan fingerprint density at radius 2 is 1.35 bits per heavy atom. The minimum absolute atomic E-state index is 0.145. The van der Waals surface area contributed by atoms with Crippen molar-refractivity contribution in [1.29, 1.82) is 0 Å². The monoisotopic (exact) mass is 644 g/mol. The molecule has 230 valence electrons. The van der Waals surface area contributed by atoms with Gasteiger partial charge in [-0.25, -0.2) is 4.79 Å². The summed E-state index contributed by atoms with van der Waals surface area (Å²) < 4.78 is 0. The lowest BCUT2D eigenvalue weighted by molar-refractivity contribution is -0.150. The van der Waals surface area contributed by atoms with Gasteiger partial charge < -0.3 is 26.0 Å². The molecule has 0 radical (unpaired) electrons. The molecule has 0 spiro atoms. The summed E-state index contributed by atoms with van der Waals surface area (Å²) in [6.45, 7) is 5.78. The number of aliphatic hydroxyl groups is 1. The number of nitrogens with one attached hydrogen (secondary N) is 3. The Morgan fingerprint density at radius 1 is 0.837 bits per heavy atom. The van der Waals surface area contributed by atoms with Gasteiger partial charge in [-0.3, -0.25) is 9.59 Å². The van der Waals surface area contributed by atoms with E-state index >= 15 is 0 Å². The van der Waals surface area contributed by atoms with Crippen LogP contribution in [0.25, 0.3) is 0 Å². The first-order chi connectivity index (χ1) is 20.4. The summed E-state index contributed by atoms with van der Waals surface area (Å²) in [6.07, 6.45) is -1.52. The lowest BCUT2D eigenvalue weighted by Gasteiger charge is -2.40. The predicted molar refractivity (Wildman–Crippen MR) is 174 cm³/mol. The van der Waals surface area contributed by atoms with Crippen molar-refractivity contribution in [1.82, 2.24) is 20.9 Å². The summed E-state index contributed by atoms with van der Waals surface area (Å²) in [5.74, 6) is -1.31. The fourth-order valence-corrected chi connectivity index (χ4v) is 5.40. The molecule has 0 unspecified atom stereocenters. The molecule has 3 rings (SSSR count). The summed E-state index contributed by atoms with van der Waals surface area (Å²) >= 11 is 16.8. The minimum atomic E-state index is -1.68. The normalized spacial score (nSPS) is 13.4. The van der Waals surface area contributed by atoms with E-state index < -0.39 is 41.4 Å². The molecule has 3 aromatic carbocycles. The molecular formula is C32H38Cl2N4O4S. The Morgan fingerprint density at radius 3 is 1.86 bits per heavy atom. The minimum Gasteiger partial charge on any atom is -0.381 e. The zero-order valence-electron chi connectivity index (χ0n) is 24.4. The molecular weight excluding hydrogens is 607 g/mol. The first-order valence-corrected chi connectivity index (χ1v) is 15.2. The SMILES string of the molecule is CC(C)(C)[C@@H](C(=O)NCc1ccccc1Cl)N(CS)C(=O)[C@@H](O)[C@H](Cc1ccccc1)NC(=O)NCc1ccccc1Cl. The van der Waals surface area contributed by atoms with Gasteiger partial charge in [0.25, 0.3) is 5.91 Å². The number of halogens is 2. The molecule has 0 bridgehead atoms. The van der Waals surface area contributed by atoms with Gasteiger partial charge in [-0.2, -0.15) is 12.6 Å². The van der Waals surface area contributed by atoms with Gasteiger partial charge in [0, 0.05) is 23.1 Å². The van der Waals surface area contributed by atoms with Crippen LogP contribution in [0.4, 0.5) is 4.79 Å². The van der Waals surface area contributed by atoms with Gasteiger partial charge >= 0.3 is 6.03 Å². The number of nitrogens with zero attached hydrogens (tertiary/aromatic N) is 1. The van der Waals surface area contributed by atoms with Crippen molar-refractivity contribution in [2.75, 3.05) is 5.88 Å². The van der Waals surface area contributed by atoms with Crippen molar-refractivity contribution in [2.24, 2.45) is 5.41 Å². The molecule has 43 heavy (non-hydrogen) atoms. The highest BCUT2D eigenvalue weighted by atomic mass is 35.5. The van der Waals surface area contributed by atoms with Crippen molar-refractivity contribution in [3.63, 3.8) is 0 Å². The molecule has 0 heterocycles. The third-order valence-corrected chi connectivity index (χ3v) is 7.92. The van der Waals surface area contributed by atoms with Crippen LogP contribution in [-0.2, 0) is 29.1 Å². The summed E-state index contributed by atoms with van der Waals surface area (Å²) in [4.78, 5) is 41.6. The fraction of sp³-hybridized carbons (Fsp3) is 0.344. The zero-order chi connectivity index (χ0) is 31.6. The number of thiol groups is 1. The van der Waals surface area contributed by atoms with E-state index in [1.54, 1.807) is 36.4 Å². The molecule has 11 heteroatoms. The number of hydrogen-bond donors (Lipinski definition) is 5. The average Bonchev–Trinajstić information content (AvgIpc) is 2.97. The van der Waals surface area contributed by atoms with Gasteiger partial charge in [-0.15, -0.1) is 0 Å². The highest BCUT2D eigenvalue weighted by Crippen LogP contribution is 2.27. The fourth-order valence-electron chi connectivity index (χ4n) is 4.69. The van der Waals surface area contributed by atoms with Gasteiger partial charge in [0.2, 0.25) is 5.91 Å². The van der Waals surface area contributed by atoms with Crippen LogP contribution in [0, 0.1) is 5.41 Å². The molecule has 0 aromatic heterocycles. The van der Waals surface area contributed by atoms with E-state index in [2.05, 4.69) is 28.6 Å². The summed E-state index contributed by atoms with van der Waals surface area (Å²) in [6, 6.07) is 20.9. The maximum Gasteiger partial charge on any atom is 0.315 e. The van der Waals surface area contributed by atoms with Crippen molar-refractivity contribution < 1.29 is 19.5 Å². The van der Waals surface area contributed by atoms with Crippen LogP contribution in [0.1, 0.15) is 37.5 Å². The Hall–Kier alpha value is -3.24. The van der Waals surface area contributed by atoms with E-state index in [9.17, 15) is 19.5 Å². The lowest BCUT2D eigenvalue weighted by Crippen LogP contribution is -2.60. The molecule has 0 aliphatic heterocycles. The van der Waals surface area contributed by atoms with Gasteiger partial charge in [0.1, 0.15) is 6.04 Å². The first-order valence-electron chi connectivity index (χ1n) is 13.8. The predicted octanol–water partition coefficient (Wildman–Crippen LogP) is 5.21. The van der Waals surface area contributed by atoms with E-state index in [-0.39, 0.29) is 25.4 Å². The maximum absolute atomic E-state index is 13.9. The van der Waals surface area contributed by atoms with Crippen LogP contribution in [-0.4, -0.2) is 51.9 Å². The third kappa shape index (κ3) is 9.89. The van der Waals surface area contributed by atoms with Crippen LogP contribution in [0.2, 0.25) is 10.0 Å². The standard InChI is InChI=1S/C32H38Cl2N4O4S/c1-32(2,3)28(29(40)35-18-22-13-7-9-15-24(22)33)38(20-43)30(41)27(39)26(17-21-11-5-4-6-12-21)37-31(42)36-19-23-14-8-10-16-25(23)34/h4-16,26-28,39,43H,17-20H2,1-3H3,(H,35,40)(H2,36,37,42)/t26-,27-,28+/m0/s1. The number of aliphatic hydroxyl groups excluding tert-OH is 1. The molecule has 0 saturated heterocycles. The Bertz CT molecular complexity index is 1390. The van der Waals surface area contributed by atoms with Crippen LogP contribution in [0.3, 0.4) is 0 Å². The van der Waals surface area contributed by atoms with Gasteiger partial charge in [-0.05, 0) is 40.7 Å². The molecule has 4 N–H and O–H groups in total. The van der Waals surface area contributed by atoms with E-state index in [0.29, 0.717) is 15.6 Å². The average molecular weight is 646 g/mol. The van der Waals surface area contributed by atoms with Crippen molar-refractivity contribution in [2.45, 2.75) is 58.5 Å². The molecule has 0 fully saturated rings. The van der Waals surface area contributed by atoms with Crippen LogP contribution in [0.5, 0.6) is 0 Å². The highest BCUT2D eigenvalue weighted by Gasteiger charge is 2.42. The topological polar surface area (TPSA) is 111 Å². The highest BCUT2D eigenvalue weighted by molar-refractivity contribution is 7.80. The second-order valence-electron chi connectivity index (χ2n) is 11.2. The van der Waals surface area contributed by atoms with Gasteiger partial charge in [0.05, 0.1) is 11.9 Å². The van der Waals surface area contributed by atoms with Gasteiger partial charge in [-0.1, -0.05) is 111 Å². The third-order valence-electron chi connectivity index (χ3n) is 6.87. The maximum atomic E-state index is 13.9. The summed E-state index contributed by atoms with van der Waals surface area (Å²) in [5, 5.41) is 20.8. The van der Waals surface area contributed by atoms with Crippen molar-refractivity contribution >= 4 is 53.7 Å². The molecule has 8 nitrogen and oxygen atoms in total. The van der Waals surface area contributed by atoms with E-state index in [0.717, 1.165) is 11.1 Å². The first kappa shape index (κ1) is 34.3. The van der Waals surface area contributed by atoms with Crippen molar-refractivity contribution in [3.8, 4) is 0 Å². The van der Waals surface area contributed by atoms with Crippen LogP contribution in [0.15, 0.2) is 78.9 Å². The van der Waals surface area contributed by atoms with E-state index in [4.69, 9.17) is 23.2 Å². The molecule has 3 aromatic rings. The summed E-state index contributed by atoms with van der Waals surface area (Å²) in [7, 11) is 0. The number of amides is 4. The van der Waals surface area contributed by atoms with Crippen LogP contribution >= 0.6 is 35.8 Å². The molecule has 0 aliphatic carbocycles. The smallest absolute Gasteiger partial charge is 0.315 e. The number of urea groups is 1. The molecule has 4 amide bonds. The second-order valence-corrected chi connectivity index (χ2v) is 12.3. The number of carbonyl (C=O) groups is 3. The van der Waals surface area contributed by atoms with Crippen molar-refractivity contribution in [3.05, 3.63) is 106 Å². The Kier molecular flexibility index (Phi) is 12.7. The second kappa shape index (κ2) is 16.0. The largest absolute Gasteiger partial charge is 0.381 e.